The van der Waals surface area contributed by atoms with E-state index in [1.807, 2.05) is 74.8 Å². The second-order valence-electron chi connectivity index (χ2n) is 8.64. The number of aromatic nitrogens is 5. The van der Waals surface area contributed by atoms with Crippen LogP contribution in [-0.4, -0.2) is 45.0 Å². The number of thiazole rings is 1. The number of ether oxygens (including phenoxy) is 2. The molecule has 0 spiro atoms. The summed E-state index contributed by atoms with van der Waals surface area (Å²) >= 11 is 1.44. The summed E-state index contributed by atoms with van der Waals surface area (Å²) in [7, 11) is 5.38. The maximum atomic E-state index is 5.76. The Labute approximate surface area is 233 Å². The summed E-state index contributed by atoms with van der Waals surface area (Å²) in [6.07, 6.45) is 6.56. The highest BCUT2D eigenvalue weighted by Crippen LogP contribution is 2.28. The molecule has 0 aliphatic rings. The molecule has 0 amide bonds. The third-order valence-corrected chi connectivity index (χ3v) is 5.95. The van der Waals surface area contributed by atoms with Crippen LogP contribution in [0.3, 0.4) is 0 Å². The van der Waals surface area contributed by atoms with Crippen LogP contribution in [0.15, 0.2) is 77.5 Å². The van der Waals surface area contributed by atoms with Crippen LogP contribution in [0.2, 0.25) is 0 Å². The third kappa shape index (κ3) is 8.05. The number of aromatic amines is 1. The summed E-state index contributed by atoms with van der Waals surface area (Å²) in [5.74, 6) is 2.97. The standard InChI is InChI=1S/C25H28N8O2S.C3H8/c1-16-13-22(31-30-16)29-24(23(34-6)17(2)19-14-27-32(4)15-19)28-18(3)33(5)20-7-9-21(10-8-20)35-25-26-11-12-36-25;1-3-2/h7-15H,2H2,1,3-6H3,(H2,29,30,31);3H2,1-2H3/b24-23-,28-18+;. The molecule has 2 N–H and O–H groups in total. The van der Waals surface area contributed by atoms with E-state index in [0.717, 1.165) is 16.9 Å². The number of H-pyrrole nitrogens is 1. The van der Waals surface area contributed by atoms with Crippen molar-refractivity contribution in [2.75, 3.05) is 24.4 Å². The number of nitrogens with one attached hydrogen (secondary N) is 2. The van der Waals surface area contributed by atoms with Crippen LogP contribution in [0, 0.1) is 6.92 Å². The highest BCUT2D eigenvalue weighted by molar-refractivity contribution is 7.11. The summed E-state index contributed by atoms with van der Waals surface area (Å²) in [6, 6.07) is 9.60. The molecule has 206 valence electrons. The van der Waals surface area contributed by atoms with Crippen molar-refractivity contribution < 1.29 is 9.47 Å². The maximum absolute atomic E-state index is 5.76. The number of aliphatic imine (C=N–C) groups is 1. The number of amidine groups is 1. The van der Waals surface area contributed by atoms with Gasteiger partial charge in [0.2, 0.25) is 0 Å². The molecule has 3 heterocycles. The lowest BCUT2D eigenvalue weighted by Crippen LogP contribution is -2.24. The molecule has 0 radical (unpaired) electrons. The number of nitrogens with zero attached hydrogens (tertiary/aromatic N) is 6. The lowest BCUT2D eigenvalue weighted by atomic mass is 10.1. The molecule has 4 rings (SSSR count). The highest BCUT2D eigenvalue weighted by Gasteiger charge is 2.17. The Morgan fingerprint density at radius 3 is 2.51 bits per heavy atom. The van der Waals surface area contributed by atoms with Crippen molar-refractivity contribution in [3.05, 3.63) is 83.7 Å². The van der Waals surface area contributed by atoms with E-state index >= 15 is 0 Å². The Morgan fingerprint density at radius 1 is 1.26 bits per heavy atom. The molecule has 0 aliphatic heterocycles. The van der Waals surface area contributed by atoms with Crippen molar-refractivity contribution in [1.29, 1.82) is 0 Å². The van der Waals surface area contributed by atoms with Crippen LogP contribution in [0.25, 0.3) is 5.57 Å². The van der Waals surface area contributed by atoms with Crippen molar-refractivity contribution in [1.82, 2.24) is 25.0 Å². The first-order valence-electron chi connectivity index (χ1n) is 12.5. The topological polar surface area (TPSA) is 105 Å². The first-order chi connectivity index (χ1) is 18.7. The first-order valence-corrected chi connectivity index (χ1v) is 13.4. The zero-order chi connectivity index (χ0) is 28.4. The quantitative estimate of drug-likeness (QED) is 0.105. The smallest absolute Gasteiger partial charge is 0.278 e. The summed E-state index contributed by atoms with van der Waals surface area (Å²) in [6.45, 7) is 12.3. The Bertz CT molecular complexity index is 1400. The predicted octanol–water partition coefficient (Wildman–Crippen LogP) is 6.61. The van der Waals surface area contributed by atoms with Gasteiger partial charge in [-0.3, -0.25) is 9.78 Å². The number of anilines is 2. The molecule has 0 fully saturated rings. The monoisotopic (exact) mass is 548 g/mol. The molecule has 0 aliphatic carbocycles. The molecular formula is C28H36N8O2S. The minimum Gasteiger partial charge on any atom is -0.492 e. The fourth-order valence-corrected chi connectivity index (χ4v) is 3.84. The van der Waals surface area contributed by atoms with Crippen LogP contribution in [0.1, 0.15) is 38.4 Å². The van der Waals surface area contributed by atoms with E-state index in [4.69, 9.17) is 14.5 Å². The van der Waals surface area contributed by atoms with Gasteiger partial charge in [-0.05, 0) is 38.1 Å². The molecule has 39 heavy (non-hydrogen) atoms. The molecule has 0 saturated heterocycles. The van der Waals surface area contributed by atoms with E-state index in [-0.39, 0.29) is 0 Å². The first kappa shape index (κ1) is 29.2. The summed E-state index contributed by atoms with van der Waals surface area (Å²) < 4.78 is 13.2. The number of rotatable bonds is 9. The van der Waals surface area contributed by atoms with Crippen LogP contribution < -0.4 is 15.0 Å². The number of benzene rings is 1. The third-order valence-electron chi connectivity index (χ3n) is 5.30. The molecular weight excluding hydrogens is 512 g/mol. The predicted molar refractivity (Wildman–Crippen MR) is 159 cm³/mol. The van der Waals surface area contributed by atoms with Crippen molar-refractivity contribution >= 4 is 34.3 Å². The van der Waals surface area contributed by atoms with E-state index in [1.165, 1.54) is 17.8 Å². The number of hydrogen-bond donors (Lipinski definition) is 2. The molecule has 3 aromatic heterocycles. The van der Waals surface area contributed by atoms with Gasteiger partial charge in [-0.25, -0.2) is 9.98 Å². The van der Waals surface area contributed by atoms with E-state index in [2.05, 4.69) is 46.0 Å². The average molecular weight is 549 g/mol. The number of hydrogen-bond acceptors (Lipinski definition) is 8. The van der Waals surface area contributed by atoms with Gasteiger partial charge < -0.3 is 19.7 Å². The Kier molecular flexibility index (Phi) is 10.4. The van der Waals surface area contributed by atoms with Gasteiger partial charge in [0.25, 0.3) is 5.19 Å². The van der Waals surface area contributed by atoms with Gasteiger partial charge in [0.15, 0.2) is 17.4 Å². The van der Waals surface area contributed by atoms with Gasteiger partial charge in [-0.2, -0.15) is 10.2 Å². The van der Waals surface area contributed by atoms with Gasteiger partial charge >= 0.3 is 0 Å². The Hall–Kier alpha value is -4.38. The minimum absolute atomic E-state index is 0.464. The SMILES string of the molecule is C=C(/C(OC)=C(\N=C(/C)N(C)c1ccc(Oc2nccs2)cc1)Nc1cc(C)[nH]n1)c1cnn(C)c1.CCC. The van der Waals surface area contributed by atoms with E-state index in [0.29, 0.717) is 39.7 Å². The summed E-state index contributed by atoms with van der Waals surface area (Å²) in [5.41, 5.74) is 3.31. The van der Waals surface area contributed by atoms with E-state index < -0.39 is 0 Å². The molecule has 10 nitrogen and oxygen atoms in total. The molecule has 0 saturated carbocycles. The zero-order valence-corrected chi connectivity index (χ0v) is 24.3. The normalized spacial score (nSPS) is 11.7. The number of methoxy groups -OCH3 is 1. The van der Waals surface area contributed by atoms with Gasteiger partial charge in [0.1, 0.15) is 11.6 Å². The summed E-state index contributed by atoms with van der Waals surface area (Å²) in [4.78, 5) is 11.0. The van der Waals surface area contributed by atoms with Crippen LogP contribution in [-0.2, 0) is 11.8 Å². The highest BCUT2D eigenvalue weighted by atomic mass is 32.1. The van der Waals surface area contributed by atoms with Gasteiger partial charge in [-0.1, -0.05) is 38.2 Å². The second kappa shape index (κ2) is 14.0. The summed E-state index contributed by atoms with van der Waals surface area (Å²) in [5, 5.41) is 17.2. The van der Waals surface area contributed by atoms with Gasteiger partial charge in [-0.15, -0.1) is 0 Å². The number of allylic oxidation sites excluding steroid dienone is 1. The lowest BCUT2D eigenvalue weighted by Gasteiger charge is -2.21. The van der Waals surface area contributed by atoms with Gasteiger partial charge in [0.05, 0.1) is 13.3 Å². The minimum atomic E-state index is 0.464. The van der Waals surface area contributed by atoms with Crippen molar-refractivity contribution in [3.8, 4) is 10.9 Å². The fourth-order valence-electron chi connectivity index (χ4n) is 3.33. The largest absolute Gasteiger partial charge is 0.492 e. The zero-order valence-electron chi connectivity index (χ0n) is 23.5. The fraction of sp³-hybridized carbons (Fsp3) is 0.286. The van der Waals surface area contributed by atoms with Crippen molar-refractivity contribution in [3.63, 3.8) is 0 Å². The second-order valence-corrected chi connectivity index (χ2v) is 9.50. The molecule has 0 atom stereocenters. The molecule has 0 unspecified atom stereocenters. The average Bonchev–Trinajstić information content (AvgIpc) is 3.68. The van der Waals surface area contributed by atoms with Crippen molar-refractivity contribution in [2.45, 2.75) is 34.1 Å². The Morgan fingerprint density at radius 2 is 1.97 bits per heavy atom. The molecule has 11 heteroatoms. The molecule has 0 bridgehead atoms. The molecule has 4 aromatic rings. The molecule has 1 aromatic carbocycles. The van der Waals surface area contributed by atoms with Crippen molar-refractivity contribution in [2.24, 2.45) is 12.0 Å². The van der Waals surface area contributed by atoms with Gasteiger partial charge in [0, 0.05) is 60.5 Å². The van der Waals surface area contributed by atoms with Crippen LogP contribution in [0.5, 0.6) is 10.9 Å². The van der Waals surface area contributed by atoms with Crippen LogP contribution >= 0.6 is 11.3 Å². The van der Waals surface area contributed by atoms with E-state index in [1.54, 1.807) is 24.2 Å². The van der Waals surface area contributed by atoms with Crippen LogP contribution in [0.4, 0.5) is 11.5 Å². The van der Waals surface area contributed by atoms with E-state index in [9.17, 15) is 0 Å². The maximum Gasteiger partial charge on any atom is 0.278 e. The Balaban J connectivity index is 0.00000134. The lowest BCUT2D eigenvalue weighted by molar-refractivity contribution is 0.306. The number of aryl methyl sites for hydroxylation is 2.